The highest BCUT2D eigenvalue weighted by molar-refractivity contribution is 5.65. The van der Waals surface area contributed by atoms with Gasteiger partial charge in [-0.1, -0.05) is 0 Å². The van der Waals surface area contributed by atoms with E-state index in [1.54, 1.807) is 0 Å². The van der Waals surface area contributed by atoms with E-state index in [0.29, 0.717) is 12.1 Å². The number of pyridine rings is 2. The Balaban J connectivity index is 1.13. The zero-order chi connectivity index (χ0) is 26.8. The van der Waals surface area contributed by atoms with Crippen LogP contribution in [0.3, 0.4) is 0 Å². The maximum Gasteiger partial charge on any atom is 0.0703 e. The van der Waals surface area contributed by atoms with Crippen LogP contribution in [0.5, 0.6) is 0 Å². The molecule has 1 aliphatic rings. The maximum atomic E-state index is 4.76. The van der Waals surface area contributed by atoms with Crippen LogP contribution in [-0.4, -0.2) is 22.1 Å². The van der Waals surface area contributed by atoms with E-state index < -0.39 is 0 Å². The Morgan fingerprint density at radius 3 is 1.16 bits per heavy atom. The van der Waals surface area contributed by atoms with Gasteiger partial charge in [-0.25, -0.2) is 0 Å². The Bertz CT molecular complexity index is 1260. The molecule has 2 aromatic carbocycles. The van der Waals surface area contributed by atoms with Crippen LogP contribution in [0, 0.1) is 41.5 Å². The molecule has 5 rings (SSSR count). The van der Waals surface area contributed by atoms with Crippen LogP contribution in [0.4, 0.5) is 11.4 Å². The van der Waals surface area contributed by atoms with E-state index in [0.717, 1.165) is 48.4 Å². The molecule has 4 aromatic rings. The highest BCUT2D eigenvalue weighted by atomic mass is 15.0. The monoisotopic (exact) mass is 504 g/mol. The van der Waals surface area contributed by atoms with Crippen molar-refractivity contribution in [2.45, 2.75) is 79.3 Å². The Morgan fingerprint density at radius 1 is 0.526 bits per heavy atom. The van der Waals surface area contributed by atoms with Crippen molar-refractivity contribution in [1.82, 2.24) is 9.97 Å². The van der Waals surface area contributed by atoms with E-state index in [1.165, 1.54) is 44.5 Å². The number of aromatic nitrogens is 2. The molecular formula is C34H40N4. The lowest BCUT2D eigenvalue weighted by molar-refractivity contribution is 0.429. The third kappa shape index (κ3) is 5.75. The van der Waals surface area contributed by atoms with E-state index in [2.05, 4.69) is 101 Å². The number of anilines is 2. The van der Waals surface area contributed by atoms with Crippen molar-refractivity contribution in [1.29, 1.82) is 0 Å². The van der Waals surface area contributed by atoms with Crippen molar-refractivity contribution < 1.29 is 0 Å². The first-order chi connectivity index (χ1) is 18.3. The third-order valence-corrected chi connectivity index (χ3v) is 8.44. The Labute approximate surface area is 228 Å². The smallest absolute Gasteiger partial charge is 0.0703 e. The van der Waals surface area contributed by atoms with Gasteiger partial charge in [-0.2, -0.15) is 0 Å². The Hall–Kier alpha value is -3.66. The standard InChI is InChI=1S/C34H40N4/c1-21-15-27(16-22(2)25(21)5)33-13-11-31(19-35-33)37-29-7-9-30(10-8-29)38-32-12-14-34(36-20-32)28-17-23(3)26(6)24(4)18-28/h11-20,29-30,37-38H,7-10H2,1-6H3. The molecule has 0 saturated heterocycles. The summed E-state index contributed by atoms with van der Waals surface area (Å²) in [6, 6.07) is 18.5. The molecule has 2 aromatic heterocycles. The lowest BCUT2D eigenvalue weighted by atomic mass is 9.91. The highest BCUT2D eigenvalue weighted by Gasteiger charge is 2.21. The average molecular weight is 505 g/mol. The normalized spacial score (nSPS) is 17.3. The lowest BCUT2D eigenvalue weighted by Gasteiger charge is -2.30. The Morgan fingerprint density at radius 2 is 0.868 bits per heavy atom. The van der Waals surface area contributed by atoms with Gasteiger partial charge in [-0.3, -0.25) is 9.97 Å². The van der Waals surface area contributed by atoms with E-state index in [-0.39, 0.29) is 0 Å². The topological polar surface area (TPSA) is 49.8 Å². The molecule has 0 atom stereocenters. The zero-order valence-electron chi connectivity index (χ0n) is 23.7. The van der Waals surface area contributed by atoms with Crippen LogP contribution in [0.1, 0.15) is 59.1 Å². The summed E-state index contributed by atoms with van der Waals surface area (Å²) in [6.45, 7) is 13.0. The van der Waals surface area contributed by atoms with Crippen molar-refractivity contribution in [2.75, 3.05) is 10.6 Å². The molecule has 1 aliphatic carbocycles. The van der Waals surface area contributed by atoms with Crippen LogP contribution < -0.4 is 10.6 Å². The van der Waals surface area contributed by atoms with Gasteiger partial charge in [-0.05, 0) is 149 Å². The van der Waals surface area contributed by atoms with Gasteiger partial charge in [0.1, 0.15) is 0 Å². The van der Waals surface area contributed by atoms with Gasteiger partial charge in [0.15, 0.2) is 0 Å². The maximum absolute atomic E-state index is 4.76. The summed E-state index contributed by atoms with van der Waals surface area (Å²) < 4.78 is 0. The Kier molecular flexibility index (Phi) is 7.51. The summed E-state index contributed by atoms with van der Waals surface area (Å²) in [7, 11) is 0. The summed E-state index contributed by atoms with van der Waals surface area (Å²) >= 11 is 0. The number of hydrogen-bond donors (Lipinski definition) is 2. The third-order valence-electron chi connectivity index (χ3n) is 8.44. The molecule has 38 heavy (non-hydrogen) atoms. The predicted molar refractivity (Wildman–Crippen MR) is 161 cm³/mol. The number of benzene rings is 2. The van der Waals surface area contributed by atoms with E-state index in [4.69, 9.17) is 9.97 Å². The number of nitrogens with zero attached hydrogens (tertiary/aromatic N) is 2. The molecule has 1 fully saturated rings. The molecule has 0 radical (unpaired) electrons. The molecule has 2 heterocycles. The van der Waals surface area contributed by atoms with Crippen molar-refractivity contribution in [2.24, 2.45) is 0 Å². The summed E-state index contributed by atoms with van der Waals surface area (Å²) in [5.74, 6) is 0. The summed E-state index contributed by atoms with van der Waals surface area (Å²) in [5, 5.41) is 7.42. The molecule has 0 spiro atoms. The van der Waals surface area contributed by atoms with Gasteiger partial charge in [0.25, 0.3) is 0 Å². The lowest BCUT2D eigenvalue weighted by Crippen LogP contribution is -2.32. The second-order valence-corrected chi connectivity index (χ2v) is 11.2. The molecule has 4 heteroatoms. The fourth-order valence-corrected chi connectivity index (χ4v) is 5.52. The molecule has 0 bridgehead atoms. The molecule has 1 saturated carbocycles. The molecule has 2 N–H and O–H groups in total. The van der Waals surface area contributed by atoms with Crippen molar-refractivity contribution in [3.8, 4) is 22.5 Å². The van der Waals surface area contributed by atoms with Crippen LogP contribution in [0.2, 0.25) is 0 Å². The van der Waals surface area contributed by atoms with E-state index in [9.17, 15) is 0 Å². The van der Waals surface area contributed by atoms with Gasteiger partial charge in [0.05, 0.1) is 35.2 Å². The molecule has 4 nitrogen and oxygen atoms in total. The summed E-state index contributed by atoms with van der Waals surface area (Å²) in [6.07, 6.45) is 8.53. The first kappa shape index (κ1) is 26.0. The molecule has 196 valence electrons. The minimum atomic E-state index is 0.484. The summed E-state index contributed by atoms with van der Waals surface area (Å²) in [5.41, 5.74) is 14.6. The average Bonchev–Trinajstić information content (AvgIpc) is 2.92. The van der Waals surface area contributed by atoms with Crippen molar-refractivity contribution >= 4 is 11.4 Å². The number of hydrogen-bond acceptors (Lipinski definition) is 4. The van der Waals surface area contributed by atoms with E-state index in [1.807, 2.05) is 12.4 Å². The first-order valence-electron chi connectivity index (χ1n) is 13.9. The minimum Gasteiger partial charge on any atom is -0.381 e. The number of nitrogens with one attached hydrogen (secondary N) is 2. The van der Waals surface area contributed by atoms with Gasteiger partial charge >= 0.3 is 0 Å². The van der Waals surface area contributed by atoms with Crippen LogP contribution in [-0.2, 0) is 0 Å². The quantitative estimate of drug-likeness (QED) is 0.276. The minimum absolute atomic E-state index is 0.484. The molecule has 0 unspecified atom stereocenters. The zero-order valence-corrected chi connectivity index (χ0v) is 23.7. The number of rotatable bonds is 6. The second-order valence-electron chi connectivity index (χ2n) is 11.2. The highest BCUT2D eigenvalue weighted by Crippen LogP contribution is 2.28. The van der Waals surface area contributed by atoms with Crippen molar-refractivity contribution in [3.63, 3.8) is 0 Å². The molecule has 0 aliphatic heterocycles. The fourth-order valence-electron chi connectivity index (χ4n) is 5.52. The van der Waals surface area contributed by atoms with Gasteiger partial charge in [-0.15, -0.1) is 0 Å². The first-order valence-corrected chi connectivity index (χ1v) is 13.9. The fraction of sp³-hybridized carbons (Fsp3) is 0.353. The van der Waals surface area contributed by atoms with Gasteiger partial charge in [0, 0.05) is 23.2 Å². The molecular weight excluding hydrogens is 464 g/mol. The van der Waals surface area contributed by atoms with Crippen molar-refractivity contribution in [3.05, 3.63) is 94.3 Å². The van der Waals surface area contributed by atoms with Crippen LogP contribution in [0.15, 0.2) is 60.9 Å². The second kappa shape index (κ2) is 11.0. The van der Waals surface area contributed by atoms with E-state index >= 15 is 0 Å². The summed E-state index contributed by atoms with van der Waals surface area (Å²) in [4.78, 5) is 9.52. The SMILES string of the molecule is Cc1cc(-c2ccc(NC3CCC(Nc4ccc(-c5cc(C)c(C)c(C)c5)nc4)CC3)cn2)cc(C)c1C. The largest absolute Gasteiger partial charge is 0.381 e. The van der Waals surface area contributed by atoms with Crippen LogP contribution in [0.25, 0.3) is 22.5 Å². The van der Waals surface area contributed by atoms with Gasteiger partial charge in [0.2, 0.25) is 0 Å². The predicted octanol–water partition coefficient (Wildman–Crippen LogP) is 8.50. The number of aryl methyl sites for hydroxylation is 4. The van der Waals surface area contributed by atoms with Gasteiger partial charge < -0.3 is 10.6 Å². The van der Waals surface area contributed by atoms with Crippen LogP contribution >= 0.6 is 0 Å². The molecule has 0 amide bonds.